The number of halogens is 2. The molecule has 3 rings (SSSR count). The van der Waals surface area contributed by atoms with Gasteiger partial charge < -0.3 is 14.5 Å². The van der Waals surface area contributed by atoms with Gasteiger partial charge in [-0.3, -0.25) is 9.69 Å². The van der Waals surface area contributed by atoms with Crippen molar-refractivity contribution in [3.63, 3.8) is 0 Å². The number of carbonyl (C=O) groups excluding carboxylic acids is 2. The van der Waals surface area contributed by atoms with Crippen molar-refractivity contribution in [2.45, 2.75) is 32.7 Å². The smallest absolute Gasteiger partial charge is 0.327 e. The summed E-state index contributed by atoms with van der Waals surface area (Å²) in [4.78, 5) is 30.5. The highest BCUT2D eigenvalue weighted by molar-refractivity contribution is 6.30. The van der Waals surface area contributed by atoms with Crippen LogP contribution in [0.3, 0.4) is 0 Å². The molecule has 1 saturated heterocycles. The maximum Gasteiger partial charge on any atom is 0.327 e. The van der Waals surface area contributed by atoms with Crippen LogP contribution in [0, 0.1) is 5.82 Å². The molecule has 0 spiro atoms. The number of anilines is 2. The lowest BCUT2D eigenvalue weighted by atomic mass is 10.0. The van der Waals surface area contributed by atoms with Crippen LogP contribution in [0.5, 0.6) is 0 Å². The zero-order valence-electron chi connectivity index (χ0n) is 19.4. The van der Waals surface area contributed by atoms with Crippen LogP contribution in [0.2, 0.25) is 5.02 Å². The Labute approximate surface area is 199 Å². The molecule has 0 saturated carbocycles. The number of carbonyl (C=O) groups is 2. The Hall–Kier alpha value is -2.64. The van der Waals surface area contributed by atoms with Gasteiger partial charge in [-0.1, -0.05) is 30.7 Å². The van der Waals surface area contributed by atoms with E-state index in [1.54, 1.807) is 29.2 Å². The van der Waals surface area contributed by atoms with Crippen LogP contribution in [0.15, 0.2) is 42.5 Å². The minimum absolute atomic E-state index is 0.00404. The van der Waals surface area contributed by atoms with E-state index in [0.717, 1.165) is 12.0 Å². The molecule has 1 fully saturated rings. The quantitative estimate of drug-likeness (QED) is 0.519. The summed E-state index contributed by atoms with van der Waals surface area (Å²) in [5.74, 6) is -0.712. The fourth-order valence-corrected chi connectivity index (χ4v) is 4.48. The number of nitrogens with zero attached hydrogens (tertiary/aromatic N) is 3. The van der Waals surface area contributed by atoms with Crippen molar-refractivity contribution in [3.05, 3.63) is 58.9 Å². The molecule has 0 bridgehead atoms. The summed E-state index contributed by atoms with van der Waals surface area (Å²) in [5, 5.41) is 0.556. The van der Waals surface area contributed by atoms with Gasteiger partial charge in [-0.15, -0.1) is 0 Å². The molecule has 0 aromatic heterocycles. The summed E-state index contributed by atoms with van der Waals surface area (Å²) in [6.07, 6.45) is 1.19. The van der Waals surface area contributed by atoms with Gasteiger partial charge in [0.15, 0.2) is 0 Å². The van der Waals surface area contributed by atoms with Gasteiger partial charge in [0.2, 0.25) is 5.91 Å². The molecule has 0 aliphatic carbocycles. The van der Waals surface area contributed by atoms with Crippen LogP contribution in [-0.2, 0) is 14.3 Å². The molecule has 2 aromatic carbocycles. The summed E-state index contributed by atoms with van der Waals surface area (Å²) >= 11 is 6.13. The molecule has 2 aromatic rings. The lowest BCUT2D eigenvalue weighted by molar-refractivity contribution is -0.147. The van der Waals surface area contributed by atoms with Crippen LogP contribution in [0.25, 0.3) is 0 Å². The minimum atomic E-state index is -0.564. The fraction of sp³-hybridized carbons (Fsp3) is 0.440. The molecular weight excluding hydrogens is 445 g/mol. The molecule has 1 heterocycles. The van der Waals surface area contributed by atoms with Crippen LogP contribution >= 0.6 is 11.6 Å². The highest BCUT2D eigenvalue weighted by Gasteiger charge is 2.32. The van der Waals surface area contributed by atoms with Gasteiger partial charge in [0.25, 0.3) is 0 Å². The van der Waals surface area contributed by atoms with E-state index in [1.807, 2.05) is 35.8 Å². The minimum Gasteiger partial charge on any atom is -0.468 e. The lowest BCUT2D eigenvalue weighted by Crippen LogP contribution is -2.49. The van der Waals surface area contributed by atoms with E-state index in [2.05, 4.69) is 0 Å². The van der Waals surface area contributed by atoms with E-state index in [9.17, 15) is 9.59 Å². The number of esters is 1. The van der Waals surface area contributed by atoms with Crippen LogP contribution in [-0.4, -0.2) is 56.6 Å². The third kappa shape index (κ3) is 5.84. The fourth-order valence-electron chi connectivity index (χ4n) is 4.28. The molecule has 0 radical (unpaired) electrons. The Kier molecular flexibility index (Phi) is 8.69. The van der Waals surface area contributed by atoms with Crippen molar-refractivity contribution in [3.8, 4) is 0 Å². The Bertz CT molecular complexity index is 979. The Morgan fingerprint density at radius 1 is 1.12 bits per heavy atom. The topological polar surface area (TPSA) is 53.1 Å². The number of hydrogen-bond acceptors (Lipinski definition) is 5. The standard InChI is InChI=1S/C25H31ClFN3O3/c1-4-7-23(31)30(5-2)20-10-11-22(21(27)17-20)28-12-14-29(15-13-28)24(25(32)33-3)18-8-6-9-19(26)16-18/h6,8-11,16-17,24H,4-5,7,12-15H2,1-3H3. The number of rotatable bonds is 8. The number of hydrogen-bond donors (Lipinski definition) is 0. The molecule has 1 aliphatic heterocycles. The van der Waals surface area contributed by atoms with Gasteiger partial charge in [-0.2, -0.15) is 0 Å². The summed E-state index contributed by atoms with van der Waals surface area (Å²) in [5.41, 5.74) is 1.84. The average Bonchev–Trinajstić information content (AvgIpc) is 2.80. The second-order valence-corrected chi connectivity index (χ2v) is 8.46. The largest absolute Gasteiger partial charge is 0.468 e. The van der Waals surface area contributed by atoms with Crippen molar-refractivity contribution in [1.82, 2.24) is 4.90 Å². The second-order valence-electron chi connectivity index (χ2n) is 8.03. The van der Waals surface area contributed by atoms with E-state index < -0.39 is 6.04 Å². The zero-order valence-corrected chi connectivity index (χ0v) is 20.1. The van der Waals surface area contributed by atoms with Gasteiger partial charge in [-0.25, -0.2) is 9.18 Å². The lowest BCUT2D eigenvalue weighted by Gasteiger charge is -2.39. The molecular formula is C25H31ClFN3O3. The van der Waals surface area contributed by atoms with Gasteiger partial charge in [0.1, 0.15) is 11.9 Å². The molecule has 178 valence electrons. The zero-order chi connectivity index (χ0) is 24.0. The van der Waals surface area contributed by atoms with Crippen LogP contribution < -0.4 is 9.80 Å². The van der Waals surface area contributed by atoms with Gasteiger partial charge in [0.05, 0.1) is 12.8 Å². The van der Waals surface area contributed by atoms with E-state index in [-0.39, 0.29) is 17.7 Å². The maximum atomic E-state index is 15.0. The number of methoxy groups -OCH3 is 1. The third-order valence-electron chi connectivity index (χ3n) is 5.93. The van der Waals surface area contributed by atoms with Gasteiger partial charge in [-0.05, 0) is 49.2 Å². The van der Waals surface area contributed by atoms with E-state index in [1.165, 1.54) is 13.2 Å². The molecule has 1 unspecified atom stereocenters. The third-order valence-corrected chi connectivity index (χ3v) is 6.17. The SMILES string of the molecule is CCCC(=O)N(CC)c1ccc(N2CCN(C(C(=O)OC)c3cccc(Cl)c3)CC2)c(F)c1. The normalized spacial score (nSPS) is 15.2. The van der Waals surface area contributed by atoms with E-state index in [4.69, 9.17) is 16.3 Å². The van der Waals surface area contributed by atoms with Gasteiger partial charge in [0, 0.05) is 49.9 Å². The molecule has 1 atom stereocenters. The predicted octanol–water partition coefficient (Wildman–Crippen LogP) is 4.67. The summed E-state index contributed by atoms with van der Waals surface area (Å²) in [6, 6.07) is 11.6. The highest BCUT2D eigenvalue weighted by atomic mass is 35.5. The first kappa shape index (κ1) is 25.0. The summed E-state index contributed by atoms with van der Waals surface area (Å²) < 4.78 is 20.1. The Balaban J connectivity index is 1.73. The Morgan fingerprint density at radius 3 is 2.42 bits per heavy atom. The number of amides is 1. The monoisotopic (exact) mass is 475 g/mol. The number of piperazine rings is 1. The van der Waals surface area contributed by atoms with Crippen molar-refractivity contribution in [2.24, 2.45) is 0 Å². The van der Waals surface area contributed by atoms with Crippen molar-refractivity contribution in [1.29, 1.82) is 0 Å². The second kappa shape index (κ2) is 11.5. The highest BCUT2D eigenvalue weighted by Crippen LogP contribution is 2.30. The number of ether oxygens (including phenoxy) is 1. The first-order chi connectivity index (χ1) is 15.9. The summed E-state index contributed by atoms with van der Waals surface area (Å²) in [7, 11) is 1.37. The first-order valence-electron chi connectivity index (χ1n) is 11.3. The van der Waals surface area contributed by atoms with Crippen molar-refractivity contribution >= 4 is 34.9 Å². The molecule has 1 aliphatic rings. The number of benzene rings is 2. The first-order valence-corrected chi connectivity index (χ1v) is 11.7. The Morgan fingerprint density at radius 2 is 1.85 bits per heavy atom. The van der Waals surface area contributed by atoms with Crippen molar-refractivity contribution in [2.75, 3.05) is 49.6 Å². The molecule has 1 amide bonds. The molecule has 8 heteroatoms. The van der Waals surface area contributed by atoms with Crippen molar-refractivity contribution < 1.29 is 18.7 Å². The predicted molar refractivity (Wildman–Crippen MR) is 129 cm³/mol. The van der Waals surface area contributed by atoms with E-state index in [0.29, 0.717) is 55.5 Å². The molecule has 0 N–H and O–H groups in total. The van der Waals surface area contributed by atoms with Crippen LogP contribution in [0.4, 0.5) is 15.8 Å². The maximum absolute atomic E-state index is 15.0. The molecule has 6 nitrogen and oxygen atoms in total. The average molecular weight is 476 g/mol. The van der Waals surface area contributed by atoms with Crippen LogP contribution in [0.1, 0.15) is 38.3 Å². The van der Waals surface area contributed by atoms with E-state index >= 15 is 4.39 Å². The van der Waals surface area contributed by atoms with Gasteiger partial charge >= 0.3 is 5.97 Å². The molecule has 33 heavy (non-hydrogen) atoms. The summed E-state index contributed by atoms with van der Waals surface area (Å²) in [6.45, 7) is 6.55.